The van der Waals surface area contributed by atoms with E-state index in [-0.39, 0.29) is 0 Å². The van der Waals surface area contributed by atoms with Crippen LogP contribution in [0.25, 0.3) is 89.1 Å². The van der Waals surface area contributed by atoms with E-state index in [1.807, 2.05) is 48.2 Å². The third-order valence-electron chi connectivity index (χ3n) is 13.1. The highest BCUT2D eigenvalue weighted by Gasteiger charge is 2.50. The lowest BCUT2D eigenvalue weighted by Gasteiger charge is -2.39. The van der Waals surface area contributed by atoms with Gasteiger partial charge in [0.2, 0.25) is 0 Å². The summed E-state index contributed by atoms with van der Waals surface area (Å²) in [6.07, 6.45) is 0. The van der Waals surface area contributed by atoms with Crippen molar-refractivity contribution in [3.05, 3.63) is 247 Å². The van der Waals surface area contributed by atoms with Gasteiger partial charge in [-0.2, -0.15) is 0 Å². The maximum absolute atomic E-state index is 5.47. The van der Waals surface area contributed by atoms with Crippen molar-refractivity contribution >= 4 is 33.4 Å². The molecule has 2 aliphatic rings. The number of rotatable bonds is 5. The molecule has 64 heavy (non-hydrogen) atoms. The summed E-state index contributed by atoms with van der Waals surface area (Å²) in [4.78, 5) is 18.2. The van der Waals surface area contributed by atoms with Gasteiger partial charge < -0.3 is 0 Å². The van der Waals surface area contributed by atoms with Gasteiger partial charge in [0.1, 0.15) is 0 Å². The van der Waals surface area contributed by atoms with Crippen LogP contribution in [0.2, 0.25) is 0 Å². The minimum atomic E-state index is -0.451. The third-order valence-corrected chi connectivity index (χ3v) is 14.3. The van der Waals surface area contributed by atoms with E-state index >= 15 is 0 Å². The van der Waals surface area contributed by atoms with Crippen LogP contribution in [0.3, 0.4) is 0 Å². The first kappa shape index (κ1) is 36.7. The summed E-state index contributed by atoms with van der Waals surface area (Å²) >= 11 is 1.88. The normalized spacial score (nSPS) is 13.1. The number of aromatic nitrogens is 3. The predicted octanol–water partition coefficient (Wildman–Crippen LogP) is 15.3. The first-order chi connectivity index (χ1) is 31.7. The molecule has 0 fully saturated rings. The second-order valence-corrected chi connectivity index (χ2v) is 17.7. The summed E-state index contributed by atoms with van der Waals surface area (Å²) in [5.74, 6) is 0.709. The van der Waals surface area contributed by atoms with E-state index in [1.165, 1.54) is 48.6 Å². The molecule has 2 aromatic heterocycles. The average Bonchev–Trinajstić information content (AvgIpc) is 3.65. The summed E-state index contributed by atoms with van der Waals surface area (Å²) in [7, 11) is 0. The van der Waals surface area contributed by atoms with Crippen molar-refractivity contribution in [1.29, 1.82) is 0 Å². The zero-order valence-electron chi connectivity index (χ0n) is 34.6. The highest BCUT2D eigenvalue weighted by molar-refractivity contribution is 7.99. The summed E-state index contributed by atoms with van der Waals surface area (Å²) < 4.78 is 0. The predicted molar refractivity (Wildman–Crippen MR) is 263 cm³/mol. The Morgan fingerprint density at radius 3 is 1.61 bits per heavy atom. The van der Waals surface area contributed by atoms with E-state index < -0.39 is 5.41 Å². The molecule has 0 N–H and O–H groups in total. The highest BCUT2D eigenvalue weighted by atomic mass is 32.2. The average molecular weight is 832 g/mol. The number of hydrogen-bond donors (Lipinski definition) is 0. The van der Waals surface area contributed by atoms with E-state index in [4.69, 9.17) is 15.0 Å². The van der Waals surface area contributed by atoms with Gasteiger partial charge in [-0.15, -0.1) is 0 Å². The lowest BCUT2D eigenvalue weighted by Crippen LogP contribution is -2.31. The van der Waals surface area contributed by atoms with Gasteiger partial charge in [-0.1, -0.05) is 194 Å². The van der Waals surface area contributed by atoms with Gasteiger partial charge in [-0.3, -0.25) is 0 Å². The molecule has 1 aliphatic heterocycles. The fraction of sp³-hybridized carbons (Fsp3) is 0.0167. The Morgan fingerprint density at radius 2 is 0.875 bits per heavy atom. The Morgan fingerprint density at radius 1 is 0.312 bits per heavy atom. The van der Waals surface area contributed by atoms with Crippen molar-refractivity contribution < 1.29 is 0 Å². The molecule has 11 aromatic rings. The zero-order chi connectivity index (χ0) is 42.2. The van der Waals surface area contributed by atoms with Crippen molar-refractivity contribution in [3.63, 3.8) is 0 Å². The Kier molecular flexibility index (Phi) is 8.37. The molecule has 3 heterocycles. The standard InChI is InChI=1S/C60H37N3S/c1-3-16-39(17-4-1)54-37-55(63-59(62-54)41-18-5-2-6-19-41)40-32-30-38(31-33-40)42-20-15-21-43(34-42)58-48-35-47-44-22-7-9-24-49(44)60(52(47)36-46(48)45-23-8-12-27-53(45)61-58)50-25-10-13-28-56(50)64-57-29-14-11-26-51(57)60/h1-37H. The van der Waals surface area contributed by atoms with Crippen molar-refractivity contribution in [3.8, 4) is 67.4 Å². The first-order valence-corrected chi connectivity index (χ1v) is 22.6. The van der Waals surface area contributed by atoms with Crippen LogP contribution in [0.4, 0.5) is 0 Å². The number of fused-ring (bicyclic) bond motifs is 12. The summed E-state index contributed by atoms with van der Waals surface area (Å²) in [5.41, 5.74) is 17.6. The lowest BCUT2D eigenvalue weighted by atomic mass is 9.67. The SMILES string of the molecule is c1ccc(-c2cc(-c3ccc(-c4cccc(-c5nc6ccccc6c6cc7c(cc56)-c5ccccc5C75c6ccccc6Sc6ccccc65)c4)cc3)nc(-c3ccccc3)n2)cc1. The fourth-order valence-corrected chi connectivity index (χ4v) is 11.5. The fourth-order valence-electron chi connectivity index (χ4n) is 10.3. The van der Waals surface area contributed by atoms with Crippen molar-refractivity contribution in [1.82, 2.24) is 15.0 Å². The molecule has 0 unspecified atom stereocenters. The van der Waals surface area contributed by atoms with Crippen LogP contribution in [0.1, 0.15) is 22.3 Å². The maximum Gasteiger partial charge on any atom is 0.160 e. The van der Waals surface area contributed by atoms with Gasteiger partial charge in [0, 0.05) is 42.8 Å². The molecule has 3 nitrogen and oxygen atoms in total. The minimum absolute atomic E-state index is 0.451. The molecular weight excluding hydrogens is 795 g/mol. The molecular formula is C60H37N3S. The van der Waals surface area contributed by atoms with E-state index in [9.17, 15) is 0 Å². The van der Waals surface area contributed by atoms with Crippen LogP contribution >= 0.6 is 11.8 Å². The Balaban J connectivity index is 0.958. The summed E-state index contributed by atoms with van der Waals surface area (Å²) in [6, 6.07) is 80.9. The maximum atomic E-state index is 5.47. The number of benzene rings is 9. The molecule has 0 atom stereocenters. The highest BCUT2D eigenvalue weighted by Crippen LogP contribution is 2.63. The lowest BCUT2D eigenvalue weighted by molar-refractivity contribution is 0.723. The van der Waals surface area contributed by atoms with Crippen molar-refractivity contribution in [2.75, 3.05) is 0 Å². The molecule has 1 aliphatic carbocycles. The monoisotopic (exact) mass is 831 g/mol. The Bertz CT molecular complexity index is 3530. The molecule has 0 bridgehead atoms. The zero-order valence-corrected chi connectivity index (χ0v) is 35.4. The van der Waals surface area contributed by atoms with Crippen molar-refractivity contribution in [2.45, 2.75) is 15.2 Å². The number of para-hydroxylation sites is 1. The molecule has 0 saturated carbocycles. The molecule has 0 radical (unpaired) electrons. The Labute approximate surface area is 375 Å². The topological polar surface area (TPSA) is 38.7 Å². The van der Waals surface area contributed by atoms with Crippen LogP contribution in [-0.4, -0.2) is 15.0 Å². The molecule has 298 valence electrons. The van der Waals surface area contributed by atoms with Crippen molar-refractivity contribution in [2.24, 2.45) is 0 Å². The second-order valence-electron chi connectivity index (χ2n) is 16.7. The number of hydrogen-bond acceptors (Lipinski definition) is 4. The number of nitrogens with zero attached hydrogens (tertiary/aromatic N) is 3. The van der Waals surface area contributed by atoms with Gasteiger partial charge in [0.15, 0.2) is 5.82 Å². The summed E-state index contributed by atoms with van der Waals surface area (Å²) in [6.45, 7) is 0. The van der Waals surface area contributed by atoms with E-state index in [2.05, 4.69) is 188 Å². The molecule has 13 rings (SSSR count). The molecule has 9 aromatic carbocycles. The van der Waals surface area contributed by atoms with E-state index in [0.29, 0.717) is 5.82 Å². The molecule has 4 heteroatoms. The summed E-state index contributed by atoms with van der Waals surface area (Å²) in [5, 5.41) is 3.52. The second kappa shape index (κ2) is 14.6. The van der Waals surface area contributed by atoms with E-state index in [0.717, 1.165) is 66.8 Å². The van der Waals surface area contributed by atoms with Crippen LogP contribution in [0, 0.1) is 0 Å². The van der Waals surface area contributed by atoms with Gasteiger partial charge in [-0.05, 0) is 92.4 Å². The van der Waals surface area contributed by atoms with E-state index in [1.54, 1.807) is 0 Å². The van der Waals surface area contributed by atoms with Crippen LogP contribution in [-0.2, 0) is 5.41 Å². The molecule has 1 spiro atoms. The van der Waals surface area contributed by atoms with Crippen LogP contribution < -0.4 is 0 Å². The van der Waals surface area contributed by atoms with Gasteiger partial charge >= 0.3 is 0 Å². The quantitative estimate of drug-likeness (QED) is 0.162. The molecule has 0 amide bonds. The van der Waals surface area contributed by atoms with Crippen LogP contribution in [0.5, 0.6) is 0 Å². The minimum Gasteiger partial charge on any atom is -0.247 e. The van der Waals surface area contributed by atoms with Gasteiger partial charge in [0.05, 0.1) is 28.0 Å². The first-order valence-electron chi connectivity index (χ1n) is 21.8. The van der Waals surface area contributed by atoms with Gasteiger partial charge in [0.25, 0.3) is 0 Å². The van der Waals surface area contributed by atoms with Gasteiger partial charge in [-0.25, -0.2) is 15.0 Å². The smallest absolute Gasteiger partial charge is 0.160 e. The molecule has 0 saturated heterocycles. The number of pyridine rings is 1. The Hall–Kier alpha value is -7.92. The van der Waals surface area contributed by atoms with Crippen LogP contribution in [0.15, 0.2) is 234 Å². The third kappa shape index (κ3) is 5.66. The largest absolute Gasteiger partial charge is 0.247 e.